The zero-order valence-electron chi connectivity index (χ0n) is 14.7. The minimum atomic E-state index is -0.221. The van der Waals surface area contributed by atoms with Gasteiger partial charge in [0.1, 0.15) is 0 Å². The molecule has 0 aliphatic carbocycles. The van der Waals surface area contributed by atoms with Gasteiger partial charge in [0.25, 0.3) is 0 Å². The molecule has 0 bridgehead atoms. The van der Waals surface area contributed by atoms with Crippen LogP contribution in [0.5, 0.6) is 0 Å². The van der Waals surface area contributed by atoms with Crippen LogP contribution in [0, 0.1) is 0 Å². The summed E-state index contributed by atoms with van der Waals surface area (Å²) in [5.74, 6) is -0.0245. The fourth-order valence-electron chi connectivity index (χ4n) is 3.32. The van der Waals surface area contributed by atoms with Gasteiger partial charge in [0, 0.05) is 22.1 Å². The number of para-hydroxylation sites is 1. The summed E-state index contributed by atoms with van der Waals surface area (Å²) >= 11 is 6.03. The molecule has 3 nitrogen and oxygen atoms in total. The van der Waals surface area contributed by atoms with E-state index in [0.717, 1.165) is 27.6 Å². The summed E-state index contributed by atoms with van der Waals surface area (Å²) < 4.78 is 0. The number of hydrogen-bond donors (Lipinski definition) is 2. The summed E-state index contributed by atoms with van der Waals surface area (Å²) in [5.41, 5.74) is 4.06. The predicted molar refractivity (Wildman–Crippen MR) is 110 cm³/mol. The van der Waals surface area contributed by atoms with E-state index in [1.165, 1.54) is 0 Å². The highest BCUT2D eigenvalue weighted by molar-refractivity contribution is 6.30. The number of fused-ring (bicyclic) bond motifs is 1. The number of nitrogens with one attached hydrogen (secondary N) is 2. The third kappa shape index (κ3) is 3.88. The highest BCUT2D eigenvalue weighted by Crippen LogP contribution is 2.24. The third-order valence-electron chi connectivity index (χ3n) is 4.67. The number of amides is 1. The highest BCUT2D eigenvalue weighted by atomic mass is 35.5. The average molecular weight is 375 g/mol. The van der Waals surface area contributed by atoms with Crippen LogP contribution in [-0.4, -0.2) is 10.9 Å². The first-order valence-corrected chi connectivity index (χ1v) is 9.23. The first kappa shape index (κ1) is 17.4. The Morgan fingerprint density at radius 1 is 0.889 bits per heavy atom. The van der Waals surface area contributed by atoms with Crippen molar-refractivity contribution in [3.63, 3.8) is 0 Å². The van der Waals surface area contributed by atoms with Crippen LogP contribution in [0.15, 0.2) is 85.1 Å². The molecule has 4 aromatic rings. The molecule has 1 heterocycles. The van der Waals surface area contributed by atoms with Crippen LogP contribution >= 0.6 is 11.6 Å². The number of aromatic amines is 1. The molecule has 4 heteroatoms. The van der Waals surface area contributed by atoms with Crippen molar-refractivity contribution in [3.8, 4) is 0 Å². The molecule has 1 unspecified atom stereocenters. The number of halogens is 1. The number of rotatable bonds is 5. The molecule has 0 radical (unpaired) electrons. The average Bonchev–Trinajstić information content (AvgIpc) is 3.10. The summed E-state index contributed by atoms with van der Waals surface area (Å²) in [6.45, 7) is 0. The van der Waals surface area contributed by atoms with E-state index in [4.69, 9.17) is 11.6 Å². The van der Waals surface area contributed by atoms with Gasteiger partial charge in [0.15, 0.2) is 0 Å². The van der Waals surface area contributed by atoms with Crippen molar-refractivity contribution < 1.29 is 4.79 Å². The first-order valence-electron chi connectivity index (χ1n) is 8.85. The van der Waals surface area contributed by atoms with Crippen LogP contribution in [0.3, 0.4) is 0 Å². The van der Waals surface area contributed by atoms with Crippen LogP contribution in [-0.2, 0) is 11.2 Å². The summed E-state index contributed by atoms with van der Waals surface area (Å²) in [6.07, 6.45) is 2.23. The Hall–Kier alpha value is -3.04. The number of H-pyrrole nitrogens is 1. The fourth-order valence-corrected chi connectivity index (χ4v) is 3.45. The van der Waals surface area contributed by atoms with Gasteiger partial charge in [-0.25, -0.2) is 0 Å². The Morgan fingerprint density at radius 3 is 2.33 bits per heavy atom. The molecule has 27 heavy (non-hydrogen) atoms. The van der Waals surface area contributed by atoms with Crippen molar-refractivity contribution in [2.24, 2.45) is 0 Å². The molecule has 0 aliphatic heterocycles. The van der Waals surface area contributed by atoms with Crippen LogP contribution in [0.25, 0.3) is 10.9 Å². The van der Waals surface area contributed by atoms with E-state index in [9.17, 15) is 4.79 Å². The van der Waals surface area contributed by atoms with Crippen molar-refractivity contribution in [1.82, 2.24) is 10.3 Å². The molecule has 134 valence electrons. The Balaban J connectivity index is 1.59. The quantitative estimate of drug-likeness (QED) is 0.491. The summed E-state index contributed by atoms with van der Waals surface area (Å²) in [4.78, 5) is 16.0. The number of aromatic nitrogens is 1. The molecule has 0 fully saturated rings. The normalized spacial score (nSPS) is 12.0. The van der Waals surface area contributed by atoms with E-state index in [1.54, 1.807) is 0 Å². The van der Waals surface area contributed by atoms with Gasteiger partial charge in [-0.05, 0) is 34.9 Å². The van der Waals surface area contributed by atoms with Gasteiger partial charge in [0.2, 0.25) is 5.91 Å². The molecule has 0 spiro atoms. The number of hydrogen-bond acceptors (Lipinski definition) is 1. The molecule has 4 rings (SSSR count). The Morgan fingerprint density at radius 2 is 1.56 bits per heavy atom. The molecule has 0 aliphatic rings. The van der Waals surface area contributed by atoms with Crippen molar-refractivity contribution in [1.29, 1.82) is 0 Å². The smallest absolute Gasteiger partial charge is 0.225 e. The minimum Gasteiger partial charge on any atom is -0.361 e. The van der Waals surface area contributed by atoms with E-state index in [2.05, 4.69) is 10.3 Å². The summed E-state index contributed by atoms with van der Waals surface area (Å²) in [6, 6.07) is 25.3. The van der Waals surface area contributed by atoms with Crippen molar-refractivity contribution in [3.05, 3.63) is 107 Å². The number of benzene rings is 3. The monoisotopic (exact) mass is 374 g/mol. The standard InChI is InChI=1S/C23H19ClN2O/c24-19-12-10-17(11-13-19)23(16-6-2-1-3-7-16)26-22(27)14-18-15-25-21-9-5-4-8-20(18)21/h1-13,15,23,25H,14H2,(H,26,27). The molecule has 1 amide bonds. The highest BCUT2D eigenvalue weighted by Gasteiger charge is 2.18. The molecular weight excluding hydrogens is 356 g/mol. The predicted octanol–water partition coefficient (Wildman–Crippen LogP) is 5.27. The lowest BCUT2D eigenvalue weighted by Crippen LogP contribution is -2.30. The lowest BCUT2D eigenvalue weighted by Gasteiger charge is -2.20. The molecule has 0 saturated heterocycles. The third-order valence-corrected chi connectivity index (χ3v) is 4.92. The largest absolute Gasteiger partial charge is 0.361 e. The lowest BCUT2D eigenvalue weighted by atomic mass is 9.98. The molecule has 3 aromatic carbocycles. The van der Waals surface area contributed by atoms with Gasteiger partial charge in [-0.15, -0.1) is 0 Å². The Bertz CT molecular complexity index is 1050. The topological polar surface area (TPSA) is 44.9 Å². The van der Waals surface area contributed by atoms with E-state index < -0.39 is 0 Å². The van der Waals surface area contributed by atoms with E-state index in [1.807, 2.05) is 85.1 Å². The Kier molecular flexibility index (Phi) is 4.95. The minimum absolute atomic E-state index is 0.0245. The molecule has 2 N–H and O–H groups in total. The second-order valence-electron chi connectivity index (χ2n) is 6.50. The zero-order chi connectivity index (χ0) is 18.6. The van der Waals surface area contributed by atoms with E-state index >= 15 is 0 Å². The maximum absolute atomic E-state index is 12.8. The van der Waals surface area contributed by atoms with Gasteiger partial charge in [-0.3, -0.25) is 4.79 Å². The maximum atomic E-state index is 12.8. The second-order valence-corrected chi connectivity index (χ2v) is 6.94. The van der Waals surface area contributed by atoms with Crippen LogP contribution < -0.4 is 5.32 Å². The second kappa shape index (κ2) is 7.68. The van der Waals surface area contributed by atoms with E-state index in [0.29, 0.717) is 11.4 Å². The Labute approximate surface area is 163 Å². The van der Waals surface area contributed by atoms with Crippen molar-refractivity contribution in [2.75, 3.05) is 0 Å². The molecule has 1 atom stereocenters. The first-order chi connectivity index (χ1) is 13.2. The van der Waals surface area contributed by atoms with E-state index in [-0.39, 0.29) is 11.9 Å². The van der Waals surface area contributed by atoms with Crippen molar-refractivity contribution in [2.45, 2.75) is 12.5 Å². The summed E-state index contributed by atoms with van der Waals surface area (Å²) in [5, 5.41) is 4.93. The number of carbonyl (C=O) groups is 1. The molecular formula is C23H19ClN2O. The molecule has 0 saturated carbocycles. The van der Waals surface area contributed by atoms with Gasteiger partial charge < -0.3 is 10.3 Å². The summed E-state index contributed by atoms with van der Waals surface area (Å²) in [7, 11) is 0. The molecule has 1 aromatic heterocycles. The fraction of sp³-hybridized carbons (Fsp3) is 0.0870. The lowest BCUT2D eigenvalue weighted by molar-refractivity contribution is -0.120. The van der Waals surface area contributed by atoms with Gasteiger partial charge in [-0.2, -0.15) is 0 Å². The van der Waals surface area contributed by atoms with Gasteiger partial charge >= 0.3 is 0 Å². The van der Waals surface area contributed by atoms with Gasteiger partial charge in [-0.1, -0.05) is 72.3 Å². The number of carbonyl (C=O) groups excluding carboxylic acids is 1. The SMILES string of the molecule is O=C(Cc1c[nH]c2ccccc12)NC(c1ccccc1)c1ccc(Cl)cc1. The maximum Gasteiger partial charge on any atom is 0.225 e. The van der Waals surface area contributed by atoms with Crippen LogP contribution in [0.4, 0.5) is 0 Å². The van der Waals surface area contributed by atoms with Crippen LogP contribution in [0.2, 0.25) is 5.02 Å². The van der Waals surface area contributed by atoms with Crippen molar-refractivity contribution >= 4 is 28.4 Å². The van der Waals surface area contributed by atoms with Crippen LogP contribution in [0.1, 0.15) is 22.7 Å². The zero-order valence-corrected chi connectivity index (χ0v) is 15.4. The van der Waals surface area contributed by atoms with Gasteiger partial charge in [0.05, 0.1) is 12.5 Å².